The molecule has 0 unspecified atom stereocenters. The molecule has 130 valence electrons. The second-order valence-corrected chi connectivity index (χ2v) is 5.92. The first-order valence-electron chi connectivity index (χ1n) is 7.72. The van der Waals surface area contributed by atoms with Crippen molar-refractivity contribution in [2.24, 2.45) is 5.73 Å². The molecule has 0 aliphatic heterocycles. The third kappa shape index (κ3) is 6.76. The van der Waals surface area contributed by atoms with Crippen LogP contribution in [-0.4, -0.2) is 50.7 Å². The van der Waals surface area contributed by atoms with Gasteiger partial charge in [0, 0.05) is 19.6 Å². The standard InChI is InChI=1S/C16H26BrN3O3/c1-4-20(5-2)7-6-19-10-12-8-13(17)16(14(9-12)22-3)23-11-15(18)21/h8-9,19H,4-7,10-11H2,1-3H3,(H2,18,21). The van der Waals surface area contributed by atoms with Gasteiger partial charge in [-0.25, -0.2) is 0 Å². The molecule has 0 atom stereocenters. The molecule has 0 saturated heterocycles. The van der Waals surface area contributed by atoms with Gasteiger partial charge in [-0.3, -0.25) is 4.79 Å². The minimum Gasteiger partial charge on any atom is -0.493 e. The number of rotatable bonds is 11. The molecule has 1 rings (SSSR count). The third-order valence-corrected chi connectivity index (χ3v) is 4.07. The Labute approximate surface area is 146 Å². The summed E-state index contributed by atoms with van der Waals surface area (Å²) in [6.45, 7) is 8.93. The van der Waals surface area contributed by atoms with E-state index >= 15 is 0 Å². The molecule has 1 aromatic rings. The maximum atomic E-state index is 10.9. The van der Waals surface area contributed by atoms with Crippen LogP contribution in [0.4, 0.5) is 0 Å². The number of primary amides is 1. The van der Waals surface area contributed by atoms with E-state index in [1.54, 1.807) is 7.11 Å². The summed E-state index contributed by atoms with van der Waals surface area (Å²) in [6, 6.07) is 3.84. The Balaban J connectivity index is 2.63. The van der Waals surface area contributed by atoms with E-state index in [4.69, 9.17) is 15.2 Å². The Morgan fingerprint density at radius 3 is 2.61 bits per heavy atom. The summed E-state index contributed by atoms with van der Waals surface area (Å²) in [6.07, 6.45) is 0. The van der Waals surface area contributed by atoms with Crippen molar-refractivity contribution in [3.05, 3.63) is 22.2 Å². The van der Waals surface area contributed by atoms with Crippen LogP contribution in [0.25, 0.3) is 0 Å². The van der Waals surface area contributed by atoms with Gasteiger partial charge >= 0.3 is 0 Å². The Morgan fingerprint density at radius 2 is 2.04 bits per heavy atom. The molecular formula is C16H26BrN3O3. The van der Waals surface area contributed by atoms with Crippen LogP contribution in [0.2, 0.25) is 0 Å². The zero-order chi connectivity index (χ0) is 17.2. The molecule has 1 aromatic carbocycles. The molecule has 0 saturated carbocycles. The fourth-order valence-electron chi connectivity index (χ4n) is 2.17. The largest absolute Gasteiger partial charge is 0.493 e. The number of nitrogens with zero attached hydrogens (tertiary/aromatic N) is 1. The summed E-state index contributed by atoms with van der Waals surface area (Å²) < 4.78 is 11.5. The monoisotopic (exact) mass is 387 g/mol. The molecule has 0 aliphatic rings. The molecule has 0 bridgehead atoms. The number of amides is 1. The van der Waals surface area contributed by atoms with Crippen LogP contribution in [0.5, 0.6) is 11.5 Å². The Hall–Kier alpha value is -1.31. The van der Waals surface area contributed by atoms with Crippen LogP contribution >= 0.6 is 15.9 Å². The lowest BCUT2D eigenvalue weighted by Crippen LogP contribution is -2.31. The molecule has 6 nitrogen and oxygen atoms in total. The summed E-state index contributed by atoms with van der Waals surface area (Å²) in [7, 11) is 1.57. The van der Waals surface area contributed by atoms with E-state index in [9.17, 15) is 4.79 Å². The van der Waals surface area contributed by atoms with Crippen LogP contribution in [-0.2, 0) is 11.3 Å². The molecule has 7 heteroatoms. The number of nitrogens with two attached hydrogens (primary N) is 1. The zero-order valence-electron chi connectivity index (χ0n) is 14.0. The van der Waals surface area contributed by atoms with Crippen molar-refractivity contribution in [1.82, 2.24) is 10.2 Å². The number of likely N-dealkylation sites (N-methyl/N-ethyl adjacent to an activating group) is 1. The minimum atomic E-state index is -0.527. The van der Waals surface area contributed by atoms with Crippen molar-refractivity contribution in [2.75, 3.05) is 39.9 Å². The zero-order valence-corrected chi connectivity index (χ0v) is 15.6. The van der Waals surface area contributed by atoms with Gasteiger partial charge in [0.2, 0.25) is 0 Å². The van der Waals surface area contributed by atoms with Crippen molar-refractivity contribution in [3.63, 3.8) is 0 Å². The molecule has 0 aromatic heterocycles. The maximum Gasteiger partial charge on any atom is 0.255 e. The van der Waals surface area contributed by atoms with E-state index in [2.05, 4.69) is 40.0 Å². The average molecular weight is 388 g/mol. The van der Waals surface area contributed by atoms with E-state index in [1.165, 1.54) is 0 Å². The van der Waals surface area contributed by atoms with E-state index in [0.717, 1.165) is 42.8 Å². The number of nitrogens with one attached hydrogen (secondary N) is 1. The molecule has 0 spiro atoms. The van der Waals surface area contributed by atoms with Gasteiger partial charge in [-0.1, -0.05) is 13.8 Å². The summed E-state index contributed by atoms with van der Waals surface area (Å²) >= 11 is 3.45. The number of methoxy groups -OCH3 is 1. The van der Waals surface area contributed by atoms with Gasteiger partial charge in [-0.2, -0.15) is 0 Å². The average Bonchev–Trinajstić information content (AvgIpc) is 2.53. The van der Waals surface area contributed by atoms with Crippen molar-refractivity contribution in [1.29, 1.82) is 0 Å². The highest BCUT2D eigenvalue weighted by atomic mass is 79.9. The number of carbonyl (C=O) groups excluding carboxylic acids is 1. The molecule has 0 fully saturated rings. The second kappa shape index (κ2) is 10.5. The first-order chi connectivity index (χ1) is 11.0. The smallest absolute Gasteiger partial charge is 0.255 e. The quantitative estimate of drug-likeness (QED) is 0.565. The van der Waals surface area contributed by atoms with Gasteiger partial charge in [0.05, 0.1) is 11.6 Å². The topological polar surface area (TPSA) is 76.8 Å². The van der Waals surface area contributed by atoms with Crippen LogP contribution in [0.1, 0.15) is 19.4 Å². The maximum absolute atomic E-state index is 10.9. The van der Waals surface area contributed by atoms with Gasteiger partial charge in [0.25, 0.3) is 5.91 Å². The highest BCUT2D eigenvalue weighted by Gasteiger charge is 2.12. The van der Waals surface area contributed by atoms with Crippen molar-refractivity contribution in [3.8, 4) is 11.5 Å². The van der Waals surface area contributed by atoms with E-state index in [0.29, 0.717) is 11.5 Å². The predicted molar refractivity (Wildman–Crippen MR) is 94.9 cm³/mol. The highest BCUT2D eigenvalue weighted by Crippen LogP contribution is 2.36. The second-order valence-electron chi connectivity index (χ2n) is 5.07. The van der Waals surface area contributed by atoms with E-state index in [-0.39, 0.29) is 6.61 Å². The molecular weight excluding hydrogens is 362 g/mol. The fourth-order valence-corrected chi connectivity index (χ4v) is 2.77. The first kappa shape index (κ1) is 19.7. The lowest BCUT2D eigenvalue weighted by atomic mass is 10.2. The predicted octanol–water partition coefficient (Wildman–Crippen LogP) is 1.75. The molecule has 0 aliphatic carbocycles. The van der Waals surface area contributed by atoms with Gasteiger partial charge in [0.1, 0.15) is 0 Å². The lowest BCUT2D eigenvalue weighted by Gasteiger charge is -2.18. The molecule has 23 heavy (non-hydrogen) atoms. The number of halogens is 1. The van der Waals surface area contributed by atoms with Crippen LogP contribution in [0.15, 0.2) is 16.6 Å². The van der Waals surface area contributed by atoms with E-state index in [1.807, 2.05) is 12.1 Å². The Kier molecular flexibility index (Phi) is 8.98. The van der Waals surface area contributed by atoms with Gasteiger partial charge in [0.15, 0.2) is 18.1 Å². The first-order valence-corrected chi connectivity index (χ1v) is 8.51. The van der Waals surface area contributed by atoms with Crippen molar-refractivity contribution >= 4 is 21.8 Å². The van der Waals surface area contributed by atoms with Crippen molar-refractivity contribution < 1.29 is 14.3 Å². The number of carbonyl (C=O) groups is 1. The number of hydrogen-bond donors (Lipinski definition) is 2. The minimum absolute atomic E-state index is 0.184. The number of hydrogen-bond acceptors (Lipinski definition) is 5. The Bertz CT molecular complexity index is 508. The normalized spacial score (nSPS) is 10.8. The third-order valence-electron chi connectivity index (χ3n) is 3.48. The van der Waals surface area contributed by atoms with Crippen LogP contribution < -0.4 is 20.5 Å². The summed E-state index contributed by atoms with van der Waals surface area (Å²) in [4.78, 5) is 13.2. The summed E-state index contributed by atoms with van der Waals surface area (Å²) in [5.41, 5.74) is 6.18. The van der Waals surface area contributed by atoms with Crippen LogP contribution in [0.3, 0.4) is 0 Å². The summed E-state index contributed by atoms with van der Waals surface area (Å²) in [5, 5.41) is 3.42. The van der Waals surface area contributed by atoms with Gasteiger partial charge in [-0.05, 0) is 46.7 Å². The molecule has 0 radical (unpaired) electrons. The van der Waals surface area contributed by atoms with Gasteiger partial charge < -0.3 is 25.4 Å². The van der Waals surface area contributed by atoms with Crippen LogP contribution in [0, 0.1) is 0 Å². The van der Waals surface area contributed by atoms with Crippen molar-refractivity contribution in [2.45, 2.75) is 20.4 Å². The number of benzene rings is 1. The molecule has 3 N–H and O–H groups in total. The molecule has 0 heterocycles. The van der Waals surface area contributed by atoms with Gasteiger partial charge in [-0.15, -0.1) is 0 Å². The lowest BCUT2D eigenvalue weighted by molar-refractivity contribution is -0.119. The summed E-state index contributed by atoms with van der Waals surface area (Å²) in [5.74, 6) is 0.528. The molecule has 1 amide bonds. The van der Waals surface area contributed by atoms with E-state index < -0.39 is 5.91 Å². The Morgan fingerprint density at radius 1 is 1.35 bits per heavy atom. The SMILES string of the molecule is CCN(CC)CCNCc1cc(Br)c(OCC(N)=O)c(OC)c1. The number of ether oxygens (including phenoxy) is 2. The highest BCUT2D eigenvalue weighted by molar-refractivity contribution is 9.10. The fraction of sp³-hybridized carbons (Fsp3) is 0.562.